The number of hydrogen-bond acceptors (Lipinski definition) is 12. The summed E-state index contributed by atoms with van der Waals surface area (Å²) in [5.74, 6) is -0.218. The molecular weight excluding hydrogens is 817 g/mol. The highest BCUT2D eigenvalue weighted by Gasteiger charge is 2.57. The normalized spacial score (nSPS) is 24.5. The van der Waals surface area contributed by atoms with Crippen LogP contribution in [0.25, 0.3) is 11.1 Å². The number of rotatable bonds is 18. The first kappa shape index (κ1) is 48.2. The van der Waals surface area contributed by atoms with E-state index in [1.165, 1.54) is 7.11 Å². The zero-order valence-corrected chi connectivity index (χ0v) is 39.1. The van der Waals surface area contributed by atoms with Gasteiger partial charge >= 0.3 is 12.1 Å². The fourth-order valence-corrected chi connectivity index (χ4v) is 10.2. The number of hydrogen-bond donors (Lipinski definition) is 4. The number of methoxy groups -OCH3 is 2. The van der Waals surface area contributed by atoms with Crippen LogP contribution in [0.15, 0.2) is 66.7 Å². The molecule has 64 heavy (non-hydrogen) atoms. The fourth-order valence-electron chi connectivity index (χ4n) is 10.2. The average Bonchev–Trinajstić information content (AvgIpc) is 3.64. The van der Waals surface area contributed by atoms with E-state index in [1.54, 1.807) is 19.1 Å². The molecule has 15 nitrogen and oxygen atoms in total. The van der Waals surface area contributed by atoms with E-state index in [1.807, 2.05) is 87.7 Å². The fraction of sp³-hybridized carbons (Fsp3) is 0.551. The van der Waals surface area contributed by atoms with Gasteiger partial charge in [-0.05, 0) is 92.8 Å². The van der Waals surface area contributed by atoms with Crippen LogP contribution in [0, 0.1) is 29.1 Å². The molecule has 4 N–H and O–H groups in total. The number of nitrogens with one attached hydrogen (secondary N) is 3. The van der Waals surface area contributed by atoms with Gasteiger partial charge in [-0.2, -0.15) is 5.06 Å². The molecule has 3 aromatic rings. The number of carbonyl (C=O) groups is 4. The van der Waals surface area contributed by atoms with Crippen molar-refractivity contribution in [3.05, 3.63) is 83.4 Å². The average molecular weight is 885 g/mol. The second kappa shape index (κ2) is 20.7. The first-order chi connectivity index (χ1) is 30.4. The second-order valence-electron chi connectivity index (χ2n) is 18.8. The molecule has 4 fully saturated rings. The van der Waals surface area contributed by atoms with Crippen molar-refractivity contribution < 1.29 is 43.3 Å². The largest absolute Gasteiger partial charge is 0.496 e. The van der Waals surface area contributed by atoms with E-state index in [4.69, 9.17) is 14.3 Å². The molecule has 1 heterocycles. The number of aliphatic hydroxyl groups is 1. The Hall–Kier alpha value is -5.22. The van der Waals surface area contributed by atoms with Gasteiger partial charge in [0.15, 0.2) is 0 Å². The third-order valence-electron chi connectivity index (χ3n) is 13.8. The number of esters is 1. The summed E-state index contributed by atoms with van der Waals surface area (Å²) in [6.07, 6.45) is -0.0509. The highest BCUT2D eigenvalue weighted by atomic mass is 16.7. The number of aliphatic hydroxyl groups excluding tert-OH is 1. The molecule has 15 heteroatoms. The summed E-state index contributed by atoms with van der Waals surface area (Å²) in [5.41, 5.74) is 4.80. The maximum atomic E-state index is 14.7. The van der Waals surface area contributed by atoms with Crippen LogP contribution in [0.3, 0.4) is 0 Å². The number of anilines is 1. The Bertz CT molecular complexity index is 2110. The Labute approximate surface area is 378 Å². The van der Waals surface area contributed by atoms with Crippen LogP contribution in [0.4, 0.5) is 10.5 Å². The van der Waals surface area contributed by atoms with Gasteiger partial charge in [-0.1, -0.05) is 69.3 Å². The number of ether oxygens (including phenoxy) is 3. The number of hydroxylamine groups is 2. The van der Waals surface area contributed by atoms with E-state index in [9.17, 15) is 24.3 Å². The van der Waals surface area contributed by atoms with Crippen LogP contribution in [0.2, 0.25) is 0 Å². The minimum Gasteiger partial charge on any atom is -0.496 e. The van der Waals surface area contributed by atoms with E-state index in [-0.39, 0.29) is 41.8 Å². The quantitative estimate of drug-likeness (QED) is 0.128. The van der Waals surface area contributed by atoms with Crippen LogP contribution in [0.1, 0.15) is 62.0 Å². The van der Waals surface area contributed by atoms with Crippen molar-refractivity contribution in [3.63, 3.8) is 0 Å². The van der Waals surface area contributed by atoms with Gasteiger partial charge in [0.1, 0.15) is 30.5 Å². The SMILES string of the molecule is COC(=O)CNC(=O)O[C@@H](C)[C@H]1[C@H](CO)ON(Cc2cccc(-c3cc(C(=O)N[C@@H](Cc4ccccc4)CN(C)C)cc(N(C)C)c3)c2OC)[C@@H]1C(=O)N[C@H]1C[C@H]2C[C@H]([C@@H]1C)C2(C)C. The van der Waals surface area contributed by atoms with Crippen molar-refractivity contribution in [3.8, 4) is 16.9 Å². The Morgan fingerprint density at radius 3 is 2.34 bits per heavy atom. The maximum Gasteiger partial charge on any atom is 0.407 e. The Kier molecular flexibility index (Phi) is 15.6. The molecule has 0 aromatic heterocycles. The molecule has 0 radical (unpaired) electrons. The van der Waals surface area contributed by atoms with Crippen LogP contribution in [-0.4, -0.2) is 131 Å². The molecule has 1 aliphatic heterocycles. The molecule has 0 unspecified atom stereocenters. The topological polar surface area (TPSA) is 171 Å². The molecule has 1 saturated heterocycles. The molecule has 0 spiro atoms. The first-order valence-corrected chi connectivity index (χ1v) is 22.3. The van der Waals surface area contributed by atoms with E-state index in [0.717, 1.165) is 35.2 Å². The van der Waals surface area contributed by atoms with Gasteiger partial charge in [-0.3, -0.25) is 19.2 Å². The number of carbonyl (C=O) groups excluding carboxylic acids is 4. The maximum absolute atomic E-state index is 14.7. The number of likely N-dealkylation sites (N-methyl/N-ethyl adjacent to an activating group) is 1. The third-order valence-corrected chi connectivity index (χ3v) is 13.8. The summed E-state index contributed by atoms with van der Waals surface area (Å²) >= 11 is 0. The van der Waals surface area contributed by atoms with Crippen LogP contribution >= 0.6 is 0 Å². The molecule has 348 valence electrons. The molecule has 7 rings (SSSR count). The van der Waals surface area contributed by atoms with E-state index in [2.05, 4.69) is 58.5 Å². The molecular formula is C49H68N6O9. The van der Waals surface area contributed by atoms with Crippen molar-refractivity contribution >= 4 is 29.6 Å². The van der Waals surface area contributed by atoms with E-state index < -0.39 is 49.4 Å². The van der Waals surface area contributed by atoms with E-state index in [0.29, 0.717) is 41.7 Å². The number of benzene rings is 3. The summed E-state index contributed by atoms with van der Waals surface area (Å²) in [7, 11) is 10.6. The van der Waals surface area contributed by atoms with Crippen molar-refractivity contribution in [2.24, 2.45) is 29.1 Å². The van der Waals surface area contributed by atoms with Gasteiger partial charge < -0.3 is 45.1 Å². The molecule has 3 aliphatic carbocycles. The first-order valence-electron chi connectivity index (χ1n) is 22.3. The smallest absolute Gasteiger partial charge is 0.407 e. The van der Waals surface area contributed by atoms with Crippen LogP contribution in [-0.2, 0) is 36.9 Å². The Morgan fingerprint density at radius 2 is 1.72 bits per heavy atom. The van der Waals surface area contributed by atoms with Crippen molar-refractivity contribution in [2.75, 3.05) is 67.0 Å². The molecule has 3 aromatic carbocycles. The standard InChI is InChI=1S/C49H68N6O9/c1-29-39-23-35(49(39,3)4)24-40(29)52-47(59)44-43(30(2)63-48(60)50-25-42(57)61-9)41(28-56)64-55(44)26-32-17-14-18-38(45(32)62-10)33-20-34(22-37(21-33)54(7)8)46(58)51-36(27-53(5)6)19-31-15-12-11-13-16-31/h11-18,20-22,29-30,35-36,39-41,43-44,56H,19,23-28H2,1-10H3,(H,50,60)(H,51,58)(H,52,59)/t29-,30-,35+,36-,39+,40-,41-,43-,44-/m0/s1. The van der Waals surface area contributed by atoms with Gasteiger partial charge in [-0.15, -0.1) is 0 Å². The van der Waals surface area contributed by atoms with Gasteiger partial charge in [0, 0.05) is 55.1 Å². The van der Waals surface area contributed by atoms with Gasteiger partial charge in [0.25, 0.3) is 5.91 Å². The lowest BCUT2D eigenvalue weighted by molar-refractivity contribution is -0.183. The summed E-state index contributed by atoms with van der Waals surface area (Å²) < 4.78 is 16.5. The summed E-state index contributed by atoms with van der Waals surface area (Å²) in [6, 6.07) is 20.3. The molecule has 2 bridgehead atoms. The second-order valence-corrected chi connectivity index (χ2v) is 18.8. The molecule has 3 amide bonds. The minimum atomic E-state index is -0.995. The highest BCUT2D eigenvalue weighted by molar-refractivity contribution is 5.97. The third kappa shape index (κ3) is 10.8. The predicted octanol–water partition coefficient (Wildman–Crippen LogP) is 4.90. The minimum absolute atomic E-state index is 0.0638. The van der Waals surface area contributed by atoms with Gasteiger partial charge in [0.05, 0.1) is 33.3 Å². The highest BCUT2D eigenvalue weighted by Crippen LogP contribution is 2.61. The number of nitrogens with zero attached hydrogens (tertiary/aromatic N) is 3. The predicted molar refractivity (Wildman–Crippen MR) is 245 cm³/mol. The monoisotopic (exact) mass is 885 g/mol. The zero-order valence-electron chi connectivity index (χ0n) is 39.1. The number of alkyl carbamates (subject to hydrolysis) is 1. The van der Waals surface area contributed by atoms with Gasteiger partial charge in [0.2, 0.25) is 5.91 Å². The van der Waals surface area contributed by atoms with Crippen molar-refractivity contribution in [1.29, 1.82) is 0 Å². The Balaban J connectivity index is 1.31. The van der Waals surface area contributed by atoms with Crippen LogP contribution in [0.5, 0.6) is 5.75 Å². The van der Waals surface area contributed by atoms with E-state index >= 15 is 0 Å². The lowest BCUT2D eigenvalue weighted by Gasteiger charge is -2.62. The summed E-state index contributed by atoms with van der Waals surface area (Å²) in [6.45, 7) is 8.32. The number of fused-ring (bicyclic) bond motifs is 2. The van der Waals surface area contributed by atoms with Crippen molar-refractivity contribution in [1.82, 2.24) is 25.9 Å². The van der Waals surface area contributed by atoms with Crippen LogP contribution < -0.4 is 25.6 Å². The van der Waals surface area contributed by atoms with Crippen molar-refractivity contribution in [2.45, 2.75) is 83.8 Å². The Morgan fingerprint density at radius 1 is 0.984 bits per heavy atom. The summed E-state index contributed by atoms with van der Waals surface area (Å²) in [4.78, 5) is 63.9. The zero-order chi connectivity index (χ0) is 46.5. The van der Waals surface area contributed by atoms with Gasteiger partial charge in [-0.25, -0.2) is 4.79 Å². The summed E-state index contributed by atoms with van der Waals surface area (Å²) in [5, 5.41) is 21.3. The number of para-hydroxylation sites is 1. The lowest BCUT2D eigenvalue weighted by atomic mass is 9.45. The molecule has 3 saturated carbocycles. The number of amides is 3. The molecule has 9 atom stereocenters. The molecule has 4 aliphatic rings. The lowest BCUT2D eigenvalue weighted by Crippen LogP contribution is -2.62.